The summed E-state index contributed by atoms with van der Waals surface area (Å²) in [5.41, 5.74) is 3.83. The molecule has 0 aliphatic carbocycles. The average Bonchev–Trinajstić information content (AvgIpc) is 2.84. The minimum absolute atomic E-state index is 0.121. The van der Waals surface area contributed by atoms with Gasteiger partial charge in [-0.05, 0) is 42.2 Å². The molecule has 1 N–H and O–H groups in total. The second-order valence-corrected chi connectivity index (χ2v) is 9.60. The highest BCUT2D eigenvalue weighted by Crippen LogP contribution is 2.24. The Labute approximate surface area is 218 Å². The number of unbranched alkanes of at least 4 members (excludes halogenated alkanes) is 1. The van der Waals surface area contributed by atoms with E-state index in [1.165, 1.54) is 0 Å². The lowest BCUT2D eigenvalue weighted by molar-refractivity contribution is -0.140. The van der Waals surface area contributed by atoms with Crippen LogP contribution in [-0.2, 0) is 29.0 Å². The quantitative estimate of drug-likeness (QED) is 0.303. The van der Waals surface area contributed by atoms with E-state index >= 15 is 0 Å². The van der Waals surface area contributed by atoms with Gasteiger partial charge in [0.05, 0.1) is 16.5 Å². The van der Waals surface area contributed by atoms with Crippen LogP contribution in [0.5, 0.6) is 0 Å². The number of amides is 2. The summed E-state index contributed by atoms with van der Waals surface area (Å²) >= 11 is 12.3. The molecule has 3 rings (SSSR count). The van der Waals surface area contributed by atoms with Crippen LogP contribution in [0.1, 0.15) is 42.0 Å². The van der Waals surface area contributed by atoms with Gasteiger partial charge in [0.2, 0.25) is 11.8 Å². The van der Waals surface area contributed by atoms with Gasteiger partial charge in [-0.1, -0.05) is 103 Å². The van der Waals surface area contributed by atoms with Crippen LogP contribution in [0.15, 0.2) is 72.8 Å². The first-order valence-corrected chi connectivity index (χ1v) is 12.7. The van der Waals surface area contributed by atoms with Gasteiger partial charge in [0, 0.05) is 19.5 Å². The summed E-state index contributed by atoms with van der Waals surface area (Å²) in [6.07, 6.45) is 2.42. The molecular formula is C29H32Cl2N2O2. The Morgan fingerprint density at radius 3 is 2.31 bits per heavy atom. The molecule has 6 heteroatoms. The number of carbonyl (C=O) groups excluding carboxylic acids is 2. The summed E-state index contributed by atoms with van der Waals surface area (Å²) in [4.78, 5) is 28.9. The number of rotatable bonds is 11. The number of benzene rings is 3. The van der Waals surface area contributed by atoms with Crippen molar-refractivity contribution in [3.63, 3.8) is 0 Å². The summed E-state index contributed by atoms with van der Waals surface area (Å²) in [5, 5.41) is 3.89. The summed E-state index contributed by atoms with van der Waals surface area (Å²) in [7, 11) is 0. The molecule has 2 amide bonds. The van der Waals surface area contributed by atoms with Crippen LogP contribution >= 0.6 is 23.2 Å². The minimum atomic E-state index is -0.648. The first kappa shape index (κ1) is 26.8. The molecule has 4 nitrogen and oxygen atoms in total. The van der Waals surface area contributed by atoms with Crippen LogP contribution in [-0.4, -0.2) is 29.3 Å². The molecule has 0 aliphatic rings. The zero-order valence-electron chi connectivity index (χ0n) is 20.3. The Morgan fingerprint density at radius 2 is 1.63 bits per heavy atom. The van der Waals surface area contributed by atoms with E-state index in [4.69, 9.17) is 23.2 Å². The van der Waals surface area contributed by atoms with Gasteiger partial charge in [0.1, 0.15) is 6.04 Å². The van der Waals surface area contributed by atoms with Crippen molar-refractivity contribution in [2.75, 3.05) is 6.54 Å². The molecule has 3 aromatic carbocycles. The average molecular weight is 511 g/mol. The predicted molar refractivity (Wildman–Crippen MR) is 144 cm³/mol. The Hall–Kier alpha value is -2.82. The van der Waals surface area contributed by atoms with E-state index in [1.54, 1.807) is 23.1 Å². The molecule has 184 valence electrons. The smallest absolute Gasteiger partial charge is 0.243 e. The molecule has 0 radical (unpaired) electrons. The highest BCUT2D eigenvalue weighted by Gasteiger charge is 2.30. The number of aryl methyl sites for hydroxylation is 1. The molecule has 35 heavy (non-hydrogen) atoms. The van der Waals surface area contributed by atoms with Crippen LogP contribution in [0.25, 0.3) is 0 Å². The number of carbonyl (C=O) groups is 2. The van der Waals surface area contributed by atoms with Crippen LogP contribution in [0.4, 0.5) is 0 Å². The molecule has 0 saturated carbocycles. The van der Waals surface area contributed by atoms with Crippen molar-refractivity contribution >= 4 is 35.0 Å². The van der Waals surface area contributed by atoms with Crippen molar-refractivity contribution in [2.45, 2.75) is 52.1 Å². The minimum Gasteiger partial charge on any atom is -0.354 e. The van der Waals surface area contributed by atoms with Gasteiger partial charge in [-0.3, -0.25) is 9.59 Å². The van der Waals surface area contributed by atoms with E-state index in [0.717, 1.165) is 35.1 Å². The second-order valence-electron chi connectivity index (χ2n) is 8.79. The SMILES string of the molecule is CCCCNC(=O)[C@H](Cc1ccccc1)N(Cc1cccc(C)c1)C(=O)Cc1ccc(Cl)c(Cl)c1. The topological polar surface area (TPSA) is 49.4 Å². The molecule has 0 fully saturated rings. The van der Waals surface area contributed by atoms with Gasteiger partial charge in [-0.2, -0.15) is 0 Å². The molecule has 0 aliphatic heterocycles. The van der Waals surface area contributed by atoms with Gasteiger partial charge in [0.25, 0.3) is 0 Å². The summed E-state index contributed by atoms with van der Waals surface area (Å²) in [5.74, 6) is -0.283. The first-order chi connectivity index (χ1) is 16.9. The maximum Gasteiger partial charge on any atom is 0.243 e. The molecule has 0 saturated heterocycles. The van der Waals surface area contributed by atoms with Crippen molar-refractivity contribution in [1.82, 2.24) is 10.2 Å². The van der Waals surface area contributed by atoms with Crippen molar-refractivity contribution < 1.29 is 9.59 Å². The fourth-order valence-corrected chi connectivity index (χ4v) is 4.31. The van der Waals surface area contributed by atoms with Gasteiger partial charge in [0.15, 0.2) is 0 Å². The van der Waals surface area contributed by atoms with Gasteiger partial charge in [-0.25, -0.2) is 0 Å². The van der Waals surface area contributed by atoms with E-state index in [2.05, 4.69) is 12.2 Å². The third-order valence-electron chi connectivity index (χ3n) is 5.88. The van der Waals surface area contributed by atoms with E-state index in [9.17, 15) is 9.59 Å². The van der Waals surface area contributed by atoms with E-state index < -0.39 is 6.04 Å². The molecule has 0 heterocycles. The van der Waals surface area contributed by atoms with Crippen molar-refractivity contribution in [2.24, 2.45) is 0 Å². The third kappa shape index (κ3) is 8.12. The van der Waals surface area contributed by atoms with Gasteiger partial charge < -0.3 is 10.2 Å². The predicted octanol–water partition coefficient (Wildman–Crippen LogP) is 6.40. The standard InChI is InChI=1S/C29H32Cl2N2O2/c1-3-4-15-32-29(35)27(18-22-10-6-5-7-11-22)33(20-24-12-8-9-21(2)16-24)28(34)19-23-13-14-25(30)26(31)17-23/h5-14,16-17,27H,3-4,15,18-20H2,1-2H3,(H,32,35)/t27-/m0/s1. The van der Waals surface area contributed by atoms with Gasteiger partial charge in [-0.15, -0.1) is 0 Å². The highest BCUT2D eigenvalue weighted by atomic mass is 35.5. The van der Waals surface area contributed by atoms with Crippen molar-refractivity contribution in [3.8, 4) is 0 Å². The Morgan fingerprint density at radius 1 is 0.886 bits per heavy atom. The zero-order valence-corrected chi connectivity index (χ0v) is 21.8. The van der Waals surface area contributed by atoms with Crippen molar-refractivity contribution in [1.29, 1.82) is 0 Å². The Balaban J connectivity index is 1.95. The zero-order chi connectivity index (χ0) is 25.2. The Kier molecular flexibility index (Phi) is 10.2. The number of nitrogens with one attached hydrogen (secondary N) is 1. The molecule has 0 spiro atoms. The second kappa shape index (κ2) is 13.3. The van der Waals surface area contributed by atoms with Crippen molar-refractivity contribution in [3.05, 3.63) is 105 Å². The fourth-order valence-electron chi connectivity index (χ4n) is 3.99. The fraction of sp³-hybridized carbons (Fsp3) is 0.310. The molecule has 0 aromatic heterocycles. The van der Waals surface area contributed by atoms with Gasteiger partial charge >= 0.3 is 0 Å². The monoisotopic (exact) mass is 510 g/mol. The summed E-state index contributed by atoms with van der Waals surface area (Å²) in [6, 6.07) is 22.4. The Bertz CT molecular complexity index is 1130. The lowest BCUT2D eigenvalue weighted by Crippen LogP contribution is -2.51. The van der Waals surface area contributed by atoms with E-state index in [1.807, 2.05) is 61.5 Å². The summed E-state index contributed by atoms with van der Waals surface area (Å²) in [6.45, 7) is 5.02. The van der Waals surface area contributed by atoms with E-state index in [0.29, 0.717) is 29.6 Å². The normalized spacial score (nSPS) is 11.7. The maximum atomic E-state index is 13.7. The number of halogens is 2. The van der Waals surface area contributed by atoms with Crippen LogP contribution in [0, 0.1) is 6.92 Å². The first-order valence-electron chi connectivity index (χ1n) is 12.0. The molecule has 1 atom stereocenters. The third-order valence-corrected chi connectivity index (χ3v) is 6.61. The highest BCUT2D eigenvalue weighted by molar-refractivity contribution is 6.42. The lowest BCUT2D eigenvalue weighted by Gasteiger charge is -2.32. The summed E-state index contributed by atoms with van der Waals surface area (Å²) < 4.78 is 0. The van der Waals surface area contributed by atoms with E-state index in [-0.39, 0.29) is 18.2 Å². The molecule has 0 unspecified atom stereocenters. The molecule has 3 aromatic rings. The van der Waals surface area contributed by atoms with Crippen LogP contribution in [0.2, 0.25) is 10.0 Å². The number of hydrogen-bond donors (Lipinski definition) is 1. The van der Waals surface area contributed by atoms with Crippen LogP contribution < -0.4 is 5.32 Å². The number of hydrogen-bond acceptors (Lipinski definition) is 2. The molecule has 0 bridgehead atoms. The maximum absolute atomic E-state index is 13.7. The lowest BCUT2D eigenvalue weighted by atomic mass is 10.0. The number of nitrogens with zero attached hydrogens (tertiary/aromatic N) is 1. The van der Waals surface area contributed by atoms with Crippen LogP contribution in [0.3, 0.4) is 0 Å². The molecular weight excluding hydrogens is 479 g/mol. The largest absolute Gasteiger partial charge is 0.354 e.